The number of nitrogens with zero attached hydrogens (tertiary/aromatic N) is 3. The van der Waals surface area contributed by atoms with E-state index in [0.717, 1.165) is 55.1 Å². The van der Waals surface area contributed by atoms with Crippen molar-refractivity contribution in [1.82, 2.24) is 15.0 Å². The summed E-state index contributed by atoms with van der Waals surface area (Å²) in [5.41, 5.74) is 11.8. The van der Waals surface area contributed by atoms with Crippen molar-refractivity contribution in [3.05, 3.63) is 164 Å². The van der Waals surface area contributed by atoms with Crippen LogP contribution in [0.1, 0.15) is 0 Å². The third-order valence-corrected chi connectivity index (χ3v) is 10.3. The van der Waals surface area contributed by atoms with Crippen LogP contribution in [0.4, 0.5) is 0 Å². The Morgan fingerprint density at radius 3 is 1.71 bits per heavy atom. The lowest BCUT2D eigenvalue weighted by Gasteiger charge is -2.15. The molecule has 51 heavy (non-hydrogen) atoms. The van der Waals surface area contributed by atoms with Gasteiger partial charge in [0.15, 0.2) is 17.5 Å². The van der Waals surface area contributed by atoms with Crippen molar-refractivity contribution in [2.75, 3.05) is 0 Å². The molecule has 0 bridgehead atoms. The Kier molecular flexibility index (Phi) is 5.92. The molecule has 2 aromatic heterocycles. The van der Waals surface area contributed by atoms with Gasteiger partial charge in [-0.2, -0.15) is 0 Å². The van der Waals surface area contributed by atoms with Gasteiger partial charge in [0.05, 0.1) is 0 Å². The topological polar surface area (TPSA) is 51.8 Å². The Balaban J connectivity index is 1.17. The molecule has 0 atom stereocenters. The highest BCUT2D eigenvalue weighted by molar-refractivity contribution is 6.19. The molecule has 0 saturated heterocycles. The fraction of sp³-hybridized carbons (Fsp3) is 0. The second kappa shape index (κ2) is 10.8. The highest BCUT2D eigenvalue weighted by Gasteiger charge is 2.24. The molecule has 0 unspecified atom stereocenters. The number of aromatic nitrogens is 3. The minimum atomic E-state index is 0.603. The molecule has 0 saturated carbocycles. The second-order valence-electron chi connectivity index (χ2n) is 13.1. The maximum absolute atomic E-state index is 6.29. The molecule has 0 amide bonds. The molecule has 0 radical (unpaired) electrons. The van der Waals surface area contributed by atoms with Crippen molar-refractivity contribution in [1.29, 1.82) is 0 Å². The monoisotopic (exact) mass is 649 g/mol. The number of hydrogen-bond donors (Lipinski definition) is 0. The first kappa shape index (κ1) is 28.0. The summed E-state index contributed by atoms with van der Waals surface area (Å²) in [4.78, 5) is 15.7. The summed E-state index contributed by atoms with van der Waals surface area (Å²) < 4.78 is 6.29. The second-order valence-corrected chi connectivity index (χ2v) is 13.1. The minimum Gasteiger partial charge on any atom is -0.456 e. The van der Waals surface area contributed by atoms with E-state index in [1.165, 1.54) is 38.4 Å². The van der Waals surface area contributed by atoms with Gasteiger partial charge in [0, 0.05) is 27.5 Å². The fourth-order valence-corrected chi connectivity index (χ4v) is 7.99. The van der Waals surface area contributed by atoms with E-state index in [1.54, 1.807) is 0 Å². The summed E-state index contributed by atoms with van der Waals surface area (Å²) in [6.45, 7) is 0. The van der Waals surface area contributed by atoms with Gasteiger partial charge in [-0.25, -0.2) is 15.0 Å². The third-order valence-electron chi connectivity index (χ3n) is 10.3. The lowest BCUT2D eigenvalue weighted by molar-refractivity contribution is 0.669. The van der Waals surface area contributed by atoms with Gasteiger partial charge >= 0.3 is 0 Å². The Morgan fingerprint density at radius 1 is 0.314 bits per heavy atom. The first-order valence-electron chi connectivity index (χ1n) is 17.2. The van der Waals surface area contributed by atoms with Crippen LogP contribution in [-0.2, 0) is 0 Å². The van der Waals surface area contributed by atoms with E-state index in [2.05, 4.69) is 133 Å². The first-order valence-corrected chi connectivity index (χ1v) is 17.2. The van der Waals surface area contributed by atoms with Crippen molar-refractivity contribution in [2.45, 2.75) is 0 Å². The average Bonchev–Trinajstić information content (AvgIpc) is 3.75. The molecule has 1 aliphatic carbocycles. The lowest BCUT2D eigenvalue weighted by atomic mass is 9.91. The van der Waals surface area contributed by atoms with Gasteiger partial charge in [0.25, 0.3) is 0 Å². The van der Waals surface area contributed by atoms with Crippen LogP contribution in [0.2, 0.25) is 0 Å². The zero-order chi connectivity index (χ0) is 33.5. The number of benzene rings is 8. The average molecular weight is 650 g/mol. The van der Waals surface area contributed by atoms with Crippen LogP contribution in [0.3, 0.4) is 0 Å². The maximum atomic E-state index is 6.29. The van der Waals surface area contributed by atoms with E-state index in [4.69, 9.17) is 19.4 Å². The largest absolute Gasteiger partial charge is 0.456 e. The van der Waals surface area contributed by atoms with Crippen LogP contribution in [-0.4, -0.2) is 15.0 Å². The molecular weight excluding hydrogens is 623 g/mol. The van der Waals surface area contributed by atoms with Crippen molar-refractivity contribution >= 4 is 43.5 Å². The van der Waals surface area contributed by atoms with E-state index in [-0.39, 0.29) is 0 Å². The van der Waals surface area contributed by atoms with Crippen molar-refractivity contribution in [3.63, 3.8) is 0 Å². The molecule has 11 rings (SSSR count). The zero-order valence-electron chi connectivity index (χ0n) is 27.3. The van der Waals surface area contributed by atoms with Crippen LogP contribution in [0.5, 0.6) is 0 Å². The molecule has 4 heteroatoms. The van der Waals surface area contributed by atoms with Crippen LogP contribution in [0.15, 0.2) is 168 Å². The molecule has 0 spiro atoms. The predicted octanol–water partition coefficient (Wildman–Crippen LogP) is 12.4. The van der Waals surface area contributed by atoms with Crippen molar-refractivity contribution < 1.29 is 4.42 Å². The number of fused-ring (bicyclic) bond motifs is 7. The van der Waals surface area contributed by atoms with E-state index in [1.807, 2.05) is 30.3 Å². The SMILES string of the molecule is c1ccc(-c2ccc3c4c(cccc24)-c2ccccc2-3)c(-c2nc(-c3ccc4ccccc4c3)nc(-c3cccc4oc5ccccc5c34)n2)c1. The number of furan rings is 1. The minimum absolute atomic E-state index is 0.603. The van der Waals surface area contributed by atoms with E-state index >= 15 is 0 Å². The van der Waals surface area contributed by atoms with Gasteiger partial charge in [0.2, 0.25) is 0 Å². The van der Waals surface area contributed by atoms with Crippen molar-refractivity contribution in [3.8, 4) is 67.5 Å². The van der Waals surface area contributed by atoms with Crippen LogP contribution in [0.25, 0.3) is 111 Å². The molecule has 10 aromatic rings. The molecule has 2 heterocycles. The number of hydrogen-bond acceptors (Lipinski definition) is 4. The predicted molar refractivity (Wildman–Crippen MR) is 208 cm³/mol. The number of rotatable bonds is 4. The molecule has 236 valence electrons. The summed E-state index contributed by atoms with van der Waals surface area (Å²) >= 11 is 0. The first-order chi connectivity index (χ1) is 25.3. The molecule has 1 aliphatic rings. The van der Waals surface area contributed by atoms with E-state index in [0.29, 0.717) is 17.5 Å². The van der Waals surface area contributed by atoms with Gasteiger partial charge in [-0.1, -0.05) is 146 Å². The standard InChI is InChI=1S/C47H27N3O/c1-2-12-29-27-30(24-23-28(29)11-1)45-48-46(50-47(49-45)40-20-10-22-42-44(40)39-17-7-8-21-41(39)51-42)38-16-6-5-15-33(38)34-25-26-37-32-14-4-3-13-31(32)35-18-9-19-36(34)43(35)37/h1-27H. The fourth-order valence-electron chi connectivity index (χ4n) is 7.99. The Labute approximate surface area is 293 Å². The molecule has 0 N–H and O–H groups in total. The highest BCUT2D eigenvalue weighted by Crippen LogP contribution is 2.50. The van der Waals surface area contributed by atoms with Gasteiger partial charge in [0.1, 0.15) is 11.2 Å². The maximum Gasteiger partial charge on any atom is 0.164 e. The molecule has 0 fully saturated rings. The molecule has 4 nitrogen and oxygen atoms in total. The van der Waals surface area contributed by atoms with Gasteiger partial charge < -0.3 is 4.42 Å². The molecule has 0 aliphatic heterocycles. The van der Waals surface area contributed by atoms with Crippen LogP contribution in [0, 0.1) is 0 Å². The van der Waals surface area contributed by atoms with Crippen molar-refractivity contribution in [2.24, 2.45) is 0 Å². The number of para-hydroxylation sites is 1. The molecule has 8 aromatic carbocycles. The summed E-state index contributed by atoms with van der Waals surface area (Å²) in [5, 5.41) is 6.84. The Bertz CT molecular complexity index is 3020. The summed E-state index contributed by atoms with van der Waals surface area (Å²) in [6, 6.07) is 57.4. The van der Waals surface area contributed by atoms with Gasteiger partial charge in [-0.15, -0.1) is 0 Å². The van der Waals surface area contributed by atoms with E-state index < -0.39 is 0 Å². The van der Waals surface area contributed by atoms with Crippen LogP contribution >= 0.6 is 0 Å². The lowest BCUT2D eigenvalue weighted by Crippen LogP contribution is -2.01. The molecular formula is C47H27N3O. The van der Waals surface area contributed by atoms with Gasteiger partial charge in [-0.05, 0) is 73.1 Å². The van der Waals surface area contributed by atoms with E-state index in [9.17, 15) is 0 Å². The summed E-state index contributed by atoms with van der Waals surface area (Å²) in [5.74, 6) is 1.84. The zero-order valence-corrected chi connectivity index (χ0v) is 27.3. The van der Waals surface area contributed by atoms with Gasteiger partial charge in [-0.3, -0.25) is 0 Å². The summed E-state index contributed by atoms with van der Waals surface area (Å²) in [6.07, 6.45) is 0. The Hall–Kier alpha value is -6.91. The van der Waals surface area contributed by atoms with Crippen LogP contribution < -0.4 is 0 Å². The highest BCUT2D eigenvalue weighted by atomic mass is 16.3. The normalized spacial score (nSPS) is 11.9. The smallest absolute Gasteiger partial charge is 0.164 e. The summed E-state index contributed by atoms with van der Waals surface area (Å²) in [7, 11) is 0. The Morgan fingerprint density at radius 2 is 0.863 bits per heavy atom. The quantitative estimate of drug-likeness (QED) is 0.190. The third kappa shape index (κ3) is 4.23.